The Morgan fingerprint density at radius 3 is 1.80 bits per heavy atom. The standard InChI is InChI=1S/C28H32P2/c1-27(2,3)29-24-18-20-13-8-10-16-22(20)25(26(24)30-28(4,5)6)23-17-11-14-19-12-7-9-15-21(19)23/h7-18,29-30H,1-6H3. The van der Waals surface area contributed by atoms with Crippen molar-refractivity contribution in [3.63, 3.8) is 0 Å². The second-order valence-corrected chi connectivity index (χ2v) is 14.7. The van der Waals surface area contributed by atoms with Crippen LogP contribution >= 0.6 is 17.2 Å². The fourth-order valence-corrected chi connectivity index (χ4v) is 7.09. The van der Waals surface area contributed by atoms with Crippen LogP contribution in [0.4, 0.5) is 0 Å². The predicted molar refractivity (Wildman–Crippen MR) is 142 cm³/mol. The Morgan fingerprint density at radius 1 is 0.567 bits per heavy atom. The van der Waals surface area contributed by atoms with E-state index in [1.54, 1.807) is 5.30 Å². The van der Waals surface area contributed by atoms with Crippen LogP contribution in [0.1, 0.15) is 41.5 Å². The lowest BCUT2D eigenvalue weighted by Crippen LogP contribution is -2.27. The lowest BCUT2D eigenvalue weighted by Gasteiger charge is -2.28. The first-order chi connectivity index (χ1) is 14.1. The molecule has 0 nitrogen and oxygen atoms in total. The van der Waals surface area contributed by atoms with Gasteiger partial charge in [0.15, 0.2) is 0 Å². The third kappa shape index (κ3) is 4.61. The summed E-state index contributed by atoms with van der Waals surface area (Å²) in [5.41, 5.74) is 2.82. The van der Waals surface area contributed by atoms with Gasteiger partial charge in [-0.1, -0.05) is 125 Å². The molecule has 0 heterocycles. The number of hydrogen-bond acceptors (Lipinski definition) is 0. The molecule has 0 saturated heterocycles. The summed E-state index contributed by atoms with van der Waals surface area (Å²) in [7, 11) is 1.55. The average Bonchev–Trinajstić information content (AvgIpc) is 2.66. The normalized spacial score (nSPS) is 13.4. The molecule has 0 bridgehead atoms. The molecule has 2 unspecified atom stereocenters. The topological polar surface area (TPSA) is 0 Å². The summed E-state index contributed by atoms with van der Waals surface area (Å²) >= 11 is 0. The predicted octanol–water partition coefficient (Wildman–Crippen LogP) is 7.86. The minimum absolute atomic E-state index is 0.249. The summed E-state index contributed by atoms with van der Waals surface area (Å²) in [6.45, 7) is 14.2. The van der Waals surface area contributed by atoms with Crippen LogP contribution in [0, 0.1) is 0 Å². The second kappa shape index (κ2) is 8.07. The molecule has 0 aliphatic rings. The van der Waals surface area contributed by atoms with E-state index >= 15 is 0 Å². The highest BCUT2D eigenvalue weighted by Crippen LogP contribution is 2.42. The molecule has 0 spiro atoms. The van der Waals surface area contributed by atoms with Crippen molar-refractivity contribution in [3.8, 4) is 11.1 Å². The molecular weight excluding hydrogens is 398 g/mol. The van der Waals surface area contributed by atoms with Crippen molar-refractivity contribution in [1.29, 1.82) is 0 Å². The SMILES string of the molecule is CC(C)(C)Pc1cc2ccccc2c(-c2cccc3ccccc23)c1PC(C)(C)C. The van der Waals surface area contributed by atoms with E-state index in [1.165, 1.54) is 38.0 Å². The zero-order chi connectivity index (χ0) is 21.5. The molecule has 154 valence electrons. The summed E-state index contributed by atoms with van der Waals surface area (Å²) in [6.07, 6.45) is 0. The first kappa shape index (κ1) is 21.5. The van der Waals surface area contributed by atoms with Crippen molar-refractivity contribution < 1.29 is 0 Å². The largest absolute Gasteiger partial charge is 0.0841 e. The average molecular weight is 431 g/mol. The van der Waals surface area contributed by atoms with E-state index < -0.39 is 0 Å². The molecule has 0 N–H and O–H groups in total. The summed E-state index contributed by atoms with van der Waals surface area (Å²) in [5, 5.41) is 9.02. The molecule has 0 aliphatic heterocycles. The van der Waals surface area contributed by atoms with Crippen LogP contribution in [0.2, 0.25) is 0 Å². The van der Waals surface area contributed by atoms with Crippen LogP contribution in [0.15, 0.2) is 72.8 Å². The zero-order valence-electron chi connectivity index (χ0n) is 18.9. The molecule has 4 aromatic rings. The maximum Gasteiger partial charge on any atom is -0.00183 e. The Morgan fingerprint density at radius 2 is 1.13 bits per heavy atom. The molecule has 30 heavy (non-hydrogen) atoms. The zero-order valence-corrected chi connectivity index (χ0v) is 20.9. The molecule has 4 rings (SSSR count). The van der Waals surface area contributed by atoms with Crippen molar-refractivity contribution in [2.24, 2.45) is 0 Å². The van der Waals surface area contributed by atoms with E-state index in [1.807, 2.05) is 0 Å². The quantitative estimate of drug-likeness (QED) is 0.290. The van der Waals surface area contributed by atoms with E-state index in [4.69, 9.17) is 0 Å². The third-order valence-corrected chi connectivity index (χ3v) is 8.30. The van der Waals surface area contributed by atoms with Gasteiger partial charge < -0.3 is 0 Å². The van der Waals surface area contributed by atoms with Gasteiger partial charge in [-0.2, -0.15) is 0 Å². The summed E-state index contributed by atoms with van der Waals surface area (Å²) in [5.74, 6) is 0. The van der Waals surface area contributed by atoms with E-state index in [-0.39, 0.29) is 10.3 Å². The first-order valence-corrected chi connectivity index (χ1v) is 12.7. The lowest BCUT2D eigenvalue weighted by atomic mass is 9.94. The van der Waals surface area contributed by atoms with Crippen LogP contribution in [-0.4, -0.2) is 10.3 Å². The van der Waals surface area contributed by atoms with Crippen LogP contribution in [-0.2, 0) is 0 Å². The van der Waals surface area contributed by atoms with Gasteiger partial charge in [0.05, 0.1) is 0 Å². The van der Waals surface area contributed by atoms with Gasteiger partial charge in [-0.15, -0.1) is 0 Å². The highest BCUT2D eigenvalue weighted by atomic mass is 31.1. The van der Waals surface area contributed by atoms with Crippen molar-refractivity contribution in [3.05, 3.63) is 72.8 Å². The van der Waals surface area contributed by atoms with Crippen molar-refractivity contribution in [2.75, 3.05) is 0 Å². The van der Waals surface area contributed by atoms with Crippen molar-refractivity contribution in [2.45, 2.75) is 51.9 Å². The fourth-order valence-electron chi connectivity index (χ4n) is 4.08. The maximum atomic E-state index is 2.47. The van der Waals surface area contributed by atoms with Crippen LogP contribution < -0.4 is 10.6 Å². The highest BCUT2D eigenvalue weighted by Gasteiger charge is 2.24. The summed E-state index contributed by atoms with van der Waals surface area (Å²) in [6, 6.07) is 27.0. The Labute approximate surface area is 185 Å². The van der Waals surface area contributed by atoms with Gasteiger partial charge in [0.25, 0.3) is 0 Å². The number of benzene rings is 4. The monoisotopic (exact) mass is 430 g/mol. The smallest absolute Gasteiger partial charge is 0.00183 e. The van der Waals surface area contributed by atoms with Gasteiger partial charge in [0.1, 0.15) is 0 Å². The Hall–Kier alpha value is -1.74. The molecule has 2 atom stereocenters. The molecule has 4 aromatic carbocycles. The van der Waals surface area contributed by atoms with Gasteiger partial charge in [0, 0.05) is 0 Å². The Balaban J connectivity index is 2.14. The molecule has 0 aromatic heterocycles. The van der Waals surface area contributed by atoms with E-state index in [2.05, 4.69) is 114 Å². The Bertz CT molecular complexity index is 1200. The van der Waals surface area contributed by atoms with Gasteiger partial charge >= 0.3 is 0 Å². The maximum absolute atomic E-state index is 2.47. The minimum atomic E-state index is 0.249. The lowest BCUT2D eigenvalue weighted by molar-refractivity contribution is 0.797. The number of hydrogen-bond donors (Lipinski definition) is 0. The summed E-state index contributed by atoms with van der Waals surface area (Å²) < 4.78 is 0. The van der Waals surface area contributed by atoms with Crippen LogP contribution in [0.25, 0.3) is 32.7 Å². The van der Waals surface area contributed by atoms with Gasteiger partial charge in [0.2, 0.25) is 0 Å². The molecule has 0 fully saturated rings. The second-order valence-electron chi connectivity index (χ2n) is 10.2. The number of rotatable bonds is 3. The molecular formula is C28H32P2. The van der Waals surface area contributed by atoms with E-state index in [0.29, 0.717) is 0 Å². The summed E-state index contributed by atoms with van der Waals surface area (Å²) in [4.78, 5) is 0. The van der Waals surface area contributed by atoms with Crippen LogP contribution in [0.3, 0.4) is 0 Å². The fraction of sp³-hybridized carbons (Fsp3) is 0.286. The highest BCUT2D eigenvalue weighted by molar-refractivity contribution is 7.56. The minimum Gasteiger partial charge on any atom is -0.0841 e. The molecule has 0 saturated carbocycles. The van der Waals surface area contributed by atoms with Crippen LogP contribution in [0.5, 0.6) is 0 Å². The van der Waals surface area contributed by atoms with E-state index in [0.717, 1.165) is 17.2 Å². The Kier molecular flexibility index (Phi) is 5.78. The van der Waals surface area contributed by atoms with Gasteiger partial charge in [-0.3, -0.25) is 0 Å². The van der Waals surface area contributed by atoms with Crippen molar-refractivity contribution in [1.82, 2.24) is 0 Å². The molecule has 0 radical (unpaired) electrons. The van der Waals surface area contributed by atoms with Gasteiger partial charge in [-0.25, -0.2) is 0 Å². The third-order valence-electron chi connectivity index (χ3n) is 5.12. The van der Waals surface area contributed by atoms with Gasteiger partial charge in [-0.05, 0) is 59.7 Å². The molecule has 0 aliphatic carbocycles. The molecule has 0 amide bonds. The van der Waals surface area contributed by atoms with E-state index in [9.17, 15) is 0 Å². The molecule has 2 heteroatoms. The number of fused-ring (bicyclic) bond motifs is 2. The van der Waals surface area contributed by atoms with Crippen molar-refractivity contribution >= 4 is 49.3 Å². The first-order valence-electron chi connectivity index (χ1n) is 10.7.